The number of fused-ring (bicyclic) bond motifs is 1. The predicted molar refractivity (Wildman–Crippen MR) is 98.6 cm³/mol. The summed E-state index contributed by atoms with van der Waals surface area (Å²) in [6.45, 7) is 3.20. The first kappa shape index (κ1) is 18.8. The van der Waals surface area contributed by atoms with Crippen molar-refractivity contribution in [2.45, 2.75) is 25.8 Å². The third-order valence-electron chi connectivity index (χ3n) is 4.18. The van der Waals surface area contributed by atoms with Crippen molar-refractivity contribution in [1.82, 2.24) is 10.6 Å². The Balaban J connectivity index is 1.30. The fourth-order valence-corrected chi connectivity index (χ4v) is 2.66. The van der Waals surface area contributed by atoms with E-state index in [0.717, 1.165) is 24.2 Å². The minimum Gasteiger partial charge on any atom is -0.494 e. The molecule has 0 saturated heterocycles. The monoisotopic (exact) mass is 374 g/mol. The van der Waals surface area contributed by atoms with Crippen LogP contribution in [0.5, 0.6) is 17.2 Å². The van der Waals surface area contributed by atoms with E-state index < -0.39 is 0 Å². The minimum atomic E-state index is -0.285. The summed E-state index contributed by atoms with van der Waals surface area (Å²) >= 11 is 0. The second-order valence-electron chi connectivity index (χ2n) is 6.24. The van der Waals surface area contributed by atoms with E-state index >= 15 is 0 Å². The van der Waals surface area contributed by atoms with Gasteiger partial charge in [0.1, 0.15) is 11.6 Å². The lowest BCUT2D eigenvalue weighted by Crippen LogP contribution is -2.37. The summed E-state index contributed by atoms with van der Waals surface area (Å²) in [5.41, 5.74) is 0.946. The molecule has 2 N–H and O–H groups in total. The van der Waals surface area contributed by atoms with E-state index in [9.17, 15) is 9.18 Å². The molecule has 1 heterocycles. The summed E-state index contributed by atoms with van der Waals surface area (Å²) in [4.78, 5) is 12.0. The predicted octanol–water partition coefficient (Wildman–Crippen LogP) is 3.77. The Hall–Kier alpha value is -2.96. The van der Waals surface area contributed by atoms with Crippen LogP contribution in [0.4, 0.5) is 9.18 Å². The first-order chi connectivity index (χ1) is 13.1. The van der Waals surface area contributed by atoms with Crippen LogP contribution in [0, 0.1) is 5.82 Å². The fraction of sp³-hybridized carbons (Fsp3) is 0.350. The minimum absolute atomic E-state index is 0.152. The Morgan fingerprint density at radius 2 is 1.93 bits per heavy atom. The number of carbonyl (C=O) groups excluding carboxylic acids is 1. The third-order valence-corrected chi connectivity index (χ3v) is 4.18. The maximum atomic E-state index is 12.8. The lowest BCUT2D eigenvalue weighted by atomic mass is 10.1. The summed E-state index contributed by atoms with van der Waals surface area (Å²) in [6, 6.07) is 11.2. The molecule has 0 aliphatic carbocycles. The molecule has 1 aliphatic rings. The summed E-state index contributed by atoms with van der Waals surface area (Å²) in [5, 5.41) is 5.73. The van der Waals surface area contributed by atoms with Crippen LogP contribution in [-0.2, 0) is 0 Å². The maximum Gasteiger partial charge on any atom is 0.315 e. The highest BCUT2D eigenvalue weighted by Gasteiger charge is 2.16. The van der Waals surface area contributed by atoms with Crippen molar-refractivity contribution < 1.29 is 23.4 Å². The smallest absolute Gasteiger partial charge is 0.315 e. The van der Waals surface area contributed by atoms with Gasteiger partial charge in [0.2, 0.25) is 6.79 Å². The van der Waals surface area contributed by atoms with Crippen LogP contribution < -0.4 is 24.8 Å². The number of amides is 2. The van der Waals surface area contributed by atoms with E-state index in [0.29, 0.717) is 24.7 Å². The third kappa shape index (κ3) is 5.51. The number of carbonyl (C=O) groups is 1. The highest BCUT2D eigenvalue weighted by Crippen LogP contribution is 2.34. The molecule has 0 aromatic heterocycles. The number of nitrogens with one attached hydrogen (secondary N) is 2. The van der Waals surface area contributed by atoms with Gasteiger partial charge in [0.25, 0.3) is 0 Å². The molecule has 3 rings (SSSR count). The van der Waals surface area contributed by atoms with Crippen molar-refractivity contribution in [3.63, 3.8) is 0 Å². The zero-order valence-corrected chi connectivity index (χ0v) is 15.2. The molecule has 0 radical (unpaired) electrons. The Kier molecular flexibility index (Phi) is 6.35. The van der Waals surface area contributed by atoms with Gasteiger partial charge in [-0.2, -0.15) is 0 Å². The molecule has 0 spiro atoms. The highest BCUT2D eigenvalue weighted by molar-refractivity contribution is 5.74. The molecule has 0 bridgehead atoms. The first-order valence-corrected chi connectivity index (χ1v) is 8.94. The number of hydrogen-bond acceptors (Lipinski definition) is 4. The van der Waals surface area contributed by atoms with Gasteiger partial charge in [-0.25, -0.2) is 9.18 Å². The number of hydrogen-bond donors (Lipinski definition) is 2. The van der Waals surface area contributed by atoms with Crippen LogP contribution in [0.2, 0.25) is 0 Å². The number of urea groups is 1. The van der Waals surface area contributed by atoms with Gasteiger partial charge in [-0.05, 0) is 61.7 Å². The second kappa shape index (κ2) is 9.12. The van der Waals surface area contributed by atoms with Crippen molar-refractivity contribution in [3.8, 4) is 17.2 Å². The molecule has 2 aromatic carbocycles. The molecule has 0 fully saturated rings. The lowest BCUT2D eigenvalue weighted by molar-refractivity contribution is 0.174. The molecule has 7 heteroatoms. The molecule has 1 unspecified atom stereocenters. The number of halogens is 1. The Morgan fingerprint density at radius 3 is 2.74 bits per heavy atom. The maximum absolute atomic E-state index is 12.8. The van der Waals surface area contributed by atoms with Crippen LogP contribution >= 0.6 is 0 Å². The Morgan fingerprint density at radius 1 is 1.15 bits per heavy atom. The fourth-order valence-electron chi connectivity index (χ4n) is 2.66. The Labute approximate surface area is 157 Å². The quantitative estimate of drug-likeness (QED) is 0.690. The molecule has 2 amide bonds. The standard InChI is InChI=1S/C20H23FN2O4/c1-14(15-4-9-18-19(12-15)27-13-26-18)23-20(24)22-10-2-3-11-25-17-7-5-16(21)6-8-17/h4-9,12,14H,2-3,10-11,13H2,1H3,(H2,22,23,24). The molecular formula is C20H23FN2O4. The van der Waals surface area contributed by atoms with Gasteiger partial charge >= 0.3 is 6.03 Å². The van der Waals surface area contributed by atoms with Crippen molar-refractivity contribution in [1.29, 1.82) is 0 Å². The molecule has 1 aliphatic heterocycles. The van der Waals surface area contributed by atoms with Gasteiger partial charge in [-0.1, -0.05) is 6.07 Å². The zero-order valence-electron chi connectivity index (χ0n) is 15.2. The number of rotatable bonds is 8. The highest BCUT2D eigenvalue weighted by atomic mass is 19.1. The van der Waals surface area contributed by atoms with Crippen molar-refractivity contribution in [3.05, 3.63) is 53.8 Å². The number of unbranched alkanes of at least 4 members (excludes halogenated alkanes) is 1. The summed E-state index contributed by atoms with van der Waals surface area (Å²) < 4.78 is 28.9. The van der Waals surface area contributed by atoms with E-state index in [4.69, 9.17) is 14.2 Å². The van der Waals surface area contributed by atoms with E-state index in [1.54, 1.807) is 12.1 Å². The zero-order chi connectivity index (χ0) is 19.1. The van der Waals surface area contributed by atoms with E-state index in [-0.39, 0.29) is 24.7 Å². The molecule has 2 aromatic rings. The molecule has 6 nitrogen and oxygen atoms in total. The molecule has 27 heavy (non-hydrogen) atoms. The van der Waals surface area contributed by atoms with Gasteiger partial charge < -0.3 is 24.8 Å². The van der Waals surface area contributed by atoms with Gasteiger partial charge in [0.05, 0.1) is 12.6 Å². The van der Waals surface area contributed by atoms with E-state index in [2.05, 4.69) is 10.6 Å². The van der Waals surface area contributed by atoms with Crippen LogP contribution in [-0.4, -0.2) is 26.0 Å². The first-order valence-electron chi connectivity index (χ1n) is 8.94. The van der Waals surface area contributed by atoms with Crippen LogP contribution in [0.3, 0.4) is 0 Å². The van der Waals surface area contributed by atoms with Crippen LogP contribution in [0.15, 0.2) is 42.5 Å². The average Bonchev–Trinajstić information content (AvgIpc) is 3.13. The summed E-state index contributed by atoms with van der Waals surface area (Å²) in [5.74, 6) is 1.77. The molecule has 0 saturated carbocycles. The van der Waals surface area contributed by atoms with Gasteiger partial charge in [0, 0.05) is 6.54 Å². The topological polar surface area (TPSA) is 68.8 Å². The van der Waals surface area contributed by atoms with Crippen molar-refractivity contribution in [2.24, 2.45) is 0 Å². The number of ether oxygens (including phenoxy) is 3. The van der Waals surface area contributed by atoms with Crippen molar-refractivity contribution in [2.75, 3.05) is 19.9 Å². The summed E-state index contributed by atoms with van der Waals surface area (Å²) in [7, 11) is 0. The largest absolute Gasteiger partial charge is 0.494 e. The van der Waals surface area contributed by atoms with Crippen LogP contribution in [0.25, 0.3) is 0 Å². The molecular weight excluding hydrogens is 351 g/mol. The van der Waals surface area contributed by atoms with E-state index in [1.807, 2.05) is 25.1 Å². The summed E-state index contributed by atoms with van der Waals surface area (Å²) in [6.07, 6.45) is 1.57. The Bertz CT molecular complexity index is 767. The normalized spacial score (nSPS) is 13.1. The SMILES string of the molecule is CC(NC(=O)NCCCCOc1ccc(F)cc1)c1ccc2c(c1)OCO2. The van der Waals surface area contributed by atoms with Gasteiger partial charge in [-0.3, -0.25) is 0 Å². The van der Waals surface area contributed by atoms with E-state index in [1.165, 1.54) is 12.1 Å². The number of benzene rings is 2. The molecule has 144 valence electrons. The lowest BCUT2D eigenvalue weighted by Gasteiger charge is -2.15. The molecule has 1 atom stereocenters. The van der Waals surface area contributed by atoms with Crippen molar-refractivity contribution >= 4 is 6.03 Å². The average molecular weight is 374 g/mol. The van der Waals surface area contributed by atoms with Gasteiger partial charge in [-0.15, -0.1) is 0 Å². The second-order valence-corrected chi connectivity index (χ2v) is 6.24. The van der Waals surface area contributed by atoms with Gasteiger partial charge in [0.15, 0.2) is 11.5 Å². The van der Waals surface area contributed by atoms with Crippen LogP contribution in [0.1, 0.15) is 31.4 Å².